The van der Waals surface area contributed by atoms with Crippen LogP contribution in [0.2, 0.25) is 0 Å². The summed E-state index contributed by atoms with van der Waals surface area (Å²) in [7, 11) is 1.79. The zero-order valence-electron chi connectivity index (χ0n) is 23.8. The van der Waals surface area contributed by atoms with Crippen molar-refractivity contribution in [1.29, 1.82) is 0 Å². The number of halogens is 1. The Kier molecular flexibility index (Phi) is 7.44. The van der Waals surface area contributed by atoms with Gasteiger partial charge in [0.2, 0.25) is 0 Å². The number of aliphatic hydroxyl groups is 1. The number of aryl methyl sites for hydroxylation is 2. The van der Waals surface area contributed by atoms with Crippen LogP contribution in [0, 0.1) is 12.7 Å². The Balaban J connectivity index is 1.13. The number of nitrogens with zero attached hydrogens (tertiary/aromatic N) is 6. The molecule has 0 aliphatic carbocycles. The number of aromatic nitrogens is 5. The molecule has 1 aliphatic heterocycles. The molecule has 0 unspecified atom stereocenters. The summed E-state index contributed by atoms with van der Waals surface area (Å²) in [6.45, 7) is 4.10. The molecule has 42 heavy (non-hydrogen) atoms. The van der Waals surface area contributed by atoms with Gasteiger partial charge in [-0.3, -0.25) is 23.9 Å². The molecule has 3 N–H and O–H groups in total. The van der Waals surface area contributed by atoms with Crippen LogP contribution in [0.15, 0.2) is 71.9 Å². The van der Waals surface area contributed by atoms with E-state index in [4.69, 9.17) is 5.73 Å². The first-order valence-corrected chi connectivity index (χ1v) is 14.1. The maximum Gasteiger partial charge on any atom is 0.281 e. The second kappa shape index (κ2) is 11.2. The average Bonchev–Trinajstić information content (AvgIpc) is 3.33. The van der Waals surface area contributed by atoms with Crippen molar-refractivity contribution < 1.29 is 9.50 Å². The molecule has 4 heterocycles. The van der Waals surface area contributed by atoms with E-state index in [1.54, 1.807) is 24.0 Å². The minimum absolute atomic E-state index is 0.119. The van der Waals surface area contributed by atoms with E-state index in [1.165, 1.54) is 10.9 Å². The predicted octanol–water partition coefficient (Wildman–Crippen LogP) is 3.79. The maximum absolute atomic E-state index is 15.0. The Hall–Kier alpha value is -4.25. The largest absolute Gasteiger partial charge is 0.388 e. The lowest BCUT2D eigenvalue weighted by Crippen LogP contribution is -2.47. The standard InChI is InChI=1S/C32H34FN7O2/c1-21-15-25(9-12-35-21)24-7-8-26(27(33)16-24)18-39-13-10-32(42,11-14-39)19-40-20-36-28-29(31(40)41)37-38(2)30(28)23-5-3-22(17-34)4-6-23/h3-9,12,15-16,20,42H,10-11,13-14,17-19,34H2,1-2H3. The van der Waals surface area contributed by atoms with E-state index < -0.39 is 5.60 Å². The Morgan fingerprint density at radius 3 is 2.38 bits per heavy atom. The Morgan fingerprint density at radius 1 is 0.976 bits per heavy atom. The van der Waals surface area contributed by atoms with Crippen molar-refractivity contribution in [1.82, 2.24) is 29.2 Å². The third-order valence-corrected chi connectivity index (χ3v) is 8.20. The minimum Gasteiger partial charge on any atom is -0.388 e. The molecular formula is C32H34FN7O2. The number of rotatable bonds is 7. The van der Waals surface area contributed by atoms with Gasteiger partial charge in [0.05, 0.1) is 24.2 Å². The van der Waals surface area contributed by atoms with Crippen LogP contribution < -0.4 is 11.3 Å². The quantitative estimate of drug-likeness (QED) is 0.308. The molecule has 216 valence electrons. The maximum atomic E-state index is 15.0. The third-order valence-electron chi connectivity index (χ3n) is 8.20. The van der Waals surface area contributed by atoms with E-state index >= 15 is 4.39 Å². The van der Waals surface area contributed by atoms with Gasteiger partial charge in [0.25, 0.3) is 5.56 Å². The van der Waals surface area contributed by atoms with Crippen molar-refractivity contribution in [2.75, 3.05) is 13.1 Å². The molecule has 1 saturated heterocycles. The summed E-state index contributed by atoms with van der Waals surface area (Å²) in [5.74, 6) is -0.251. The topological polar surface area (TPSA) is 115 Å². The van der Waals surface area contributed by atoms with Gasteiger partial charge in [-0.1, -0.05) is 36.4 Å². The molecule has 0 saturated carbocycles. The second-order valence-electron chi connectivity index (χ2n) is 11.2. The van der Waals surface area contributed by atoms with Crippen LogP contribution in [0.1, 0.15) is 29.7 Å². The highest BCUT2D eigenvalue weighted by Crippen LogP contribution is 2.29. The summed E-state index contributed by atoms with van der Waals surface area (Å²) in [4.78, 5) is 24.3. The Bertz CT molecular complexity index is 1800. The lowest BCUT2D eigenvalue weighted by atomic mass is 9.91. The zero-order valence-corrected chi connectivity index (χ0v) is 23.8. The summed E-state index contributed by atoms with van der Waals surface area (Å²) < 4.78 is 18.1. The van der Waals surface area contributed by atoms with Crippen molar-refractivity contribution >= 4 is 11.0 Å². The van der Waals surface area contributed by atoms with Crippen LogP contribution in [0.5, 0.6) is 0 Å². The van der Waals surface area contributed by atoms with E-state index in [1.807, 2.05) is 55.5 Å². The molecule has 3 aromatic heterocycles. The summed E-state index contributed by atoms with van der Waals surface area (Å²) in [5, 5.41) is 15.9. The summed E-state index contributed by atoms with van der Waals surface area (Å²) >= 11 is 0. The fourth-order valence-corrected chi connectivity index (χ4v) is 5.75. The van der Waals surface area contributed by atoms with E-state index in [-0.39, 0.29) is 23.4 Å². The number of hydrogen-bond acceptors (Lipinski definition) is 7. The van der Waals surface area contributed by atoms with E-state index in [9.17, 15) is 9.90 Å². The molecule has 9 nitrogen and oxygen atoms in total. The highest BCUT2D eigenvalue weighted by molar-refractivity contribution is 5.89. The molecule has 0 atom stereocenters. The predicted molar refractivity (Wildman–Crippen MR) is 160 cm³/mol. The Morgan fingerprint density at radius 2 is 1.69 bits per heavy atom. The highest BCUT2D eigenvalue weighted by atomic mass is 19.1. The van der Waals surface area contributed by atoms with Gasteiger partial charge in [-0.25, -0.2) is 9.37 Å². The Labute approximate surface area is 243 Å². The van der Waals surface area contributed by atoms with E-state index in [2.05, 4.69) is 20.0 Å². The molecule has 5 aromatic rings. The molecule has 0 amide bonds. The van der Waals surface area contributed by atoms with Crippen molar-refractivity contribution in [2.45, 2.75) is 45.0 Å². The summed E-state index contributed by atoms with van der Waals surface area (Å²) in [6, 6.07) is 16.9. The first kappa shape index (κ1) is 27.9. The first-order chi connectivity index (χ1) is 20.2. The number of hydrogen-bond donors (Lipinski definition) is 2. The van der Waals surface area contributed by atoms with Crippen LogP contribution in [0.4, 0.5) is 4.39 Å². The molecule has 0 spiro atoms. The number of piperidine rings is 1. The molecule has 0 bridgehead atoms. The van der Waals surface area contributed by atoms with Crippen LogP contribution in [-0.4, -0.2) is 53.0 Å². The van der Waals surface area contributed by atoms with Gasteiger partial charge in [0.1, 0.15) is 11.3 Å². The highest BCUT2D eigenvalue weighted by Gasteiger charge is 2.33. The minimum atomic E-state index is -1.08. The normalized spacial score (nSPS) is 15.4. The molecule has 2 aromatic carbocycles. The van der Waals surface area contributed by atoms with Crippen molar-refractivity contribution in [2.24, 2.45) is 12.8 Å². The van der Waals surface area contributed by atoms with Gasteiger partial charge in [-0.2, -0.15) is 5.10 Å². The van der Waals surface area contributed by atoms with E-state index in [0.29, 0.717) is 50.1 Å². The molecule has 1 fully saturated rings. The van der Waals surface area contributed by atoms with Crippen molar-refractivity contribution in [3.8, 4) is 22.4 Å². The lowest BCUT2D eigenvalue weighted by molar-refractivity contribution is -0.0366. The lowest BCUT2D eigenvalue weighted by Gasteiger charge is -2.38. The van der Waals surface area contributed by atoms with Gasteiger partial charge in [0, 0.05) is 56.2 Å². The zero-order chi connectivity index (χ0) is 29.4. The molecule has 1 aliphatic rings. The number of benzene rings is 2. The number of pyridine rings is 1. The SMILES string of the molecule is Cc1cc(-c2ccc(CN3CCC(O)(Cn4cnc5c(-c6ccc(CN)cc6)n(C)nc5c4=O)CC3)c(F)c2)ccn1. The average molecular weight is 568 g/mol. The van der Waals surface area contributed by atoms with Gasteiger partial charge >= 0.3 is 0 Å². The fourth-order valence-electron chi connectivity index (χ4n) is 5.75. The van der Waals surface area contributed by atoms with Crippen LogP contribution in [0.25, 0.3) is 33.4 Å². The van der Waals surface area contributed by atoms with E-state index in [0.717, 1.165) is 33.6 Å². The molecule has 0 radical (unpaired) electrons. The molecular weight excluding hydrogens is 533 g/mol. The van der Waals surface area contributed by atoms with Gasteiger partial charge in [0.15, 0.2) is 5.52 Å². The second-order valence-corrected chi connectivity index (χ2v) is 11.2. The van der Waals surface area contributed by atoms with Gasteiger partial charge < -0.3 is 10.8 Å². The number of fused-ring (bicyclic) bond motifs is 1. The van der Waals surface area contributed by atoms with Crippen LogP contribution in [0.3, 0.4) is 0 Å². The van der Waals surface area contributed by atoms with Gasteiger partial charge in [-0.05, 0) is 54.7 Å². The summed E-state index contributed by atoms with van der Waals surface area (Å²) in [6.07, 6.45) is 4.13. The third kappa shape index (κ3) is 5.48. The molecule has 10 heteroatoms. The molecule has 6 rings (SSSR count). The first-order valence-electron chi connectivity index (χ1n) is 14.1. The monoisotopic (exact) mass is 567 g/mol. The van der Waals surface area contributed by atoms with Crippen LogP contribution in [-0.2, 0) is 26.7 Å². The van der Waals surface area contributed by atoms with Gasteiger partial charge in [-0.15, -0.1) is 0 Å². The van der Waals surface area contributed by atoms with Crippen molar-refractivity contribution in [3.63, 3.8) is 0 Å². The number of nitrogens with two attached hydrogens (primary N) is 1. The number of likely N-dealkylation sites (tertiary alicyclic amines) is 1. The smallest absolute Gasteiger partial charge is 0.281 e. The van der Waals surface area contributed by atoms with Crippen LogP contribution >= 0.6 is 0 Å². The summed E-state index contributed by atoms with van der Waals surface area (Å²) in [5.41, 5.74) is 11.0. The fraction of sp³-hybridized carbons (Fsp3) is 0.312. The van der Waals surface area contributed by atoms with Crippen molar-refractivity contribution in [3.05, 3.63) is 100 Å².